The molecule has 0 spiro atoms. The molecular weight excluding hydrogens is 614 g/mol. The van der Waals surface area contributed by atoms with Crippen molar-refractivity contribution < 1.29 is 14.6 Å². The Morgan fingerprint density at radius 1 is 1.23 bits per heavy atom. The molecule has 11 heteroatoms. The lowest BCUT2D eigenvalue weighted by Crippen LogP contribution is -2.55. The summed E-state index contributed by atoms with van der Waals surface area (Å²) in [4.78, 5) is 29.0. The third-order valence-electron chi connectivity index (χ3n) is 9.61. The number of hydrogen-bond donors (Lipinski definition) is 2. The highest BCUT2D eigenvalue weighted by atomic mass is 35.5. The van der Waals surface area contributed by atoms with E-state index in [0.29, 0.717) is 56.5 Å². The topological polar surface area (TPSA) is 118 Å². The number of aliphatic hydroxyl groups is 1. The smallest absolute Gasteiger partial charge is 0.319 e. The van der Waals surface area contributed by atoms with Crippen molar-refractivity contribution in [3.8, 4) is 12.1 Å². The lowest BCUT2D eigenvalue weighted by molar-refractivity contribution is -0.128. The summed E-state index contributed by atoms with van der Waals surface area (Å²) in [7, 11) is 0. The highest BCUT2D eigenvalue weighted by Crippen LogP contribution is 2.37. The molecule has 3 atom stereocenters. The van der Waals surface area contributed by atoms with E-state index in [0.717, 1.165) is 59.5 Å². The summed E-state index contributed by atoms with van der Waals surface area (Å²) in [6.45, 7) is 11.1. The van der Waals surface area contributed by atoms with Gasteiger partial charge in [0.05, 0.1) is 41.4 Å². The summed E-state index contributed by atoms with van der Waals surface area (Å²) < 4.78 is 6.68. The SMILES string of the molecule is C=CC(=O)N1CCN(c2nc(OC(CCC(C)(C)O)[C@@H]3CCCN3)nc3c2CCN(c2cccc4cccc(Cl)c24)C3)C[C@@H]1CC#N. The van der Waals surface area contributed by atoms with Crippen LogP contribution in [-0.4, -0.2) is 82.4 Å². The van der Waals surface area contributed by atoms with E-state index in [4.69, 9.17) is 26.3 Å². The van der Waals surface area contributed by atoms with Crippen LogP contribution >= 0.6 is 11.6 Å². The minimum absolute atomic E-state index is 0.142. The van der Waals surface area contributed by atoms with E-state index in [2.05, 4.69) is 52.0 Å². The van der Waals surface area contributed by atoms with Gasteiger partial charge in [0.25, 0.3) is 0 Å². The molecule has 6 rings (SSSR count). The Morgan fingerprint density at radius 2 is 2.04 bits per heavy atom. The van der Waals surface area contributed by atoms with Crippen LogP contribution in [0.3, 0.4) is 0 Å². The molecule has 3 aromatic rings. The minimum Gasteiger partial charge on any atom is -0.458 e. The zero-order valence-corrected chi connectivity index (χ0v) is 28.0. The van der Waals surface area contributed by atoms with Crippen LogP contribution in [-0.2, 0) is 17.8 Å². The van der Waals surface area contributed by atoms with Gasteiger partial charge in [0, 0.05) is 48.9 Å². The van der Waals surface area contributed by atoms with E-state index in [-0.39, 0.29) is 30.5 Å². The van der Waals surface area contributed by atoms with Crippen LogP contribution in [0.4, 0.5) is 11.5 Å². The summed E-state index contributed by atoms with van der Waals surface area (Å²) in [5.41, 5.74) is 2.19. The molecule has 0 saturated carbocycles. The fourth-order valence-electron chi connectivity index (χ4n) is 7.19. The largest absolute Gasteiger partial charge is 0.458 e. The van der Waals surface area contributed by atoms with Crippen LogP contribution in [0, 0.1) is 11.3 Å². The van der Waals surface area contributed by atoms with Gasteiger partial charge in [-0.2, -0.15) is 15.2 Å². The normalized spacial score (nSPS) is 20.5. The van der Waals surface area contributed by atoms with E-state index in [1.807, 2.05) is 26.0 Å². The predicted octanol–water partition coefficient (Wildman–Crippen LogP) is 5.01. The number of piperazine rings is 1. The predicted molar refractivity (Wildman–Crippen MR) is 185 cm³/mol. The zero-order chi connectivity index (χ0) is 33.1. The van der Waals surface area contributed by atoms with Crippen molar-refractivity contribution in [2.45, 2.75) is 82.7 Å². The van der Waals surface area contributed by atoms with Crippen LogP contribution in [0.15, 0.2) is 49.1 Å². The molecule has 0 radical (unpaired) electrons. The molecule has 2 aromatic carbocycles. The number of carbonyl (C=O) groups is 1. The first-order chi connectivity index (χ1) is 22.6. The highest BCUT2D eigenvalue weighted by molar-refractivity contribution is 6.36. The maximum atomic E-state index is 12.6. The molecular formula is C36H44ClN7O3. The Bertz CT molecular complexity index is 1660. The van der Waals surface area contributed by atoms with E-state index >= 15 is 0 Å². The molecule has 3 aliphatic rings. The Morgan fingerprint density at radius 3 is 2.77 bits per heavy atom. The van der Waals surface area contributed by atoms with Crippen LogP contribution < -0.4 is 19.9 Å². The molecule has 0 aliphatic carbocycles. The number of halogens is 1. The fraction of sp³-hybridized carbons (Fsp3) is 0.500. The van der Waals surface area contributed by atoms with E-state index < -0.39 is 5.60 Å². The number of amides is 1. The van der Waals surface area contributed by atoms with Gasteiger partial charge in [-0.05, 0) is 76.1 Å². The Kier molecular flexibility index (Phi) is 9.88. The molecule has 248 valence electrons. The van der Waals surface area contributed by atoms with Crippen molar-refractivity contribution in [3.05, 3.63) is 65.3 Å². The van der Waals surface area contributed by atoms with Gasteiger partial charge in [-0.15, -0.1) is 0 Å². The van der Waals surface area contributed by atoms with Crippen LogP contribution in [0.5, 0.6) is 6.01 Å². The van der Waals surface area contributed by atoms with Crippen LogP contribution in [0.2, 0.25) is 5.02 Å². The molecule has 1 aromatic heterocycles. The van der Waals surface area contributed by atoms with Crippen molar-refractivity contribution >= 4 is 39.8 Å². The number of nitrogens with zero attached hydrogens (tertiary/aromatic N) is 6. The van der Waals surface area contributed by atoms with Gasteiger partial charge in [0.15, 0.2) is 0 Å². The van der Waals surface area contributed by atoms with Gasteiger partial charge < -0.3 is 29.9 Å². The van der Waals surface area contributed by atoms with Crippen molar-refractivity contribution in [3.63, 3.8) is 0 Å². The maximum absolute atomic E-state index is 12.6. The molecule has 0 bridgehead atoms. The first-order valence-corrected chi connectivity index (χ1v) is 17.0. The lowest BCUT2D eigenvalue weighted by atomic mass is 9.96. The number of ether oxygens (including phenoxy) is 1. The average molecular weight is 658 g/mol. The van der Waals surface area contributed by atoms with Crippen molar-refractivity contribution in [2.24, 2.45) is 0 Å². The fourth-order valence-corrected chi connectivity index (χ4v) is 7.46. The number of hydrogen-bond acceptors (Lipinski definition) is 9. The van der Waals surface area contributed by atoms with Gasteiger partial charge in [0.1, 0.15) is 11.9 Å². The standard InChI is InChI=1S/C36H44ClN7O3/c1-4-32(45)44-21-20-43(22-25(44)14-17-38)34-26-15-19-42(30-12-6-9-24-8-5-10-27(37)33(24)30)23-29(26)40-35(41-34)47-31(13-16-36(2,3)46)28-11-7-18-39-28/h4-6,8-10,12,25,28,31,39,46H,1,7,11,13-16,18-23H2,2-3H3/t25-,28-,31?/m0/s1. The summed E-state index contributed by atoms with van der Waals surface area (Å²) in [5, 5.41) is 26.5. The summed E-state index contributed by atoms with van der Waals surface area (Å²) in [5.74, 6) is 0.636. The third-order valence-corrected chi connectivity index (χ3v) is 9.92. The summed E-state index contributed by atoms with van der Waals surface area (Å²) in [6.07, 6.45) is 5.33. The van der Waals surface area contributed by atoms with E-state index in [1.54, 1.807) is 4.90 Å². The zero-order valence-electron chi connectivity index (χ0n) is 27.3. The van der Waals surface area contributed by atoms with Gasteiger partial charge in [-0.1, -0.05) is 42.4 Å². The molecule has 2 saturated heterocycles. The minimum atomic E-state index is -0.819. The third kappa shape index (κ3) is 7.33. The first kappa shape index (κ1) is 33.0. The van der Waals surface area contributed by atoms with Gasteiger partial charge in [0.2, 0.25) is 5.91 Å². The summed E-state index contributed by atoms with van der Waals surface area (Å²) >= 11 is 6.74. The number of fused-ring (bicyclic) bond motifs is 2. The molecule has 4 heterocycles. The molecule has 47 heavy (non-hydrogen) atoms. The number of nitrogens with one attached hydrogen (secondary N) is 1. The molecule has 2 fully saturated rings. The van der Waals surface area contributed by atoms with Crippen molar-refractivity contribution in [1.82, 2.24) is 20.2 Å². The van der Waals surface area contributed by atoms with Gasteiger partial charge >= 0.3 is 6.01 Å². The second-order valence-electron chi connectivity index (χ2n) is 13.4. The van der Waals surface area contributed by atoms with Crippen LogP contribution in [0.1, 0.15) is 57.2 Å². The van der Waals surface area contributed by atoms with Gasteiger partial charge in [-0.3, -0.25) is 4.79 Å². The molecule has 10 nitrogen and oxygen atoms in total. The number of aromatic nitrogens is 2. The molecule has 2 N–H and O–H groups in total. The number of nitriles is 1. The van der Waals surface area contributed by atoms with Crippen molar-refractivity contribution in [2.75, 3.05) is 42.5 Å². The van der Waals surface area contributed by atoms with Gasteiger partial charge in [-0.25, -0.2) is 0 Å². The second kappa shape index (κ2) is 14.1. The number of anilines is 2. The highest BCUT2D eigenvalue weighted by Gasteiger charge is 2.35. The van der Waals surface area contributed by atoms with Crippen LogP contribution in [0.25, 0.3) is 10.8 Å². The summed E-state index contributed by atoms with van der Waals surface area (Å²) in [6, 6.07) is 14.7. The second-order valence-corrected chi connectivity index (χ2v) is 13.9. The Hall–Kier alpha value is -3.91. The monoisotopic (exact) mass is 657 g/mol. The van der Waals surface area contributed by atoms with E-state index in [1.165, 1.54) is 6.08 Å². The molecule has 3 aliphatic heterocycles. The Labute approximate surface area is 282 Å². The number of benzene rings is 2. The van der Waals surface area contributed by atoms with Crippen molar-refractivity contribution in [1.29, 1.82) is 5.26 Å². The maximum Gasteiger partial charge on any atom is 0.319 e. The molecule has 1 amide bonds. The average Bonchev–Trinajstić information content (AvgIpc) is 3.60. The number of carbonyl (C=O) groups excluding carboxylic acids is 1. The molecule has 1 unspecified atom stereocenters. The quantitative estimate of drug-likeness (QED) is 0.290. The lowest BCUT2D eigenvalue weighted by Gasteiger charge is -2.42. The first-order valence-electron chi connectivity index (χ1n) is 16.6. The number of rotatable bonds is 10. The Balaban J connectivity index is 1.37. The van der Waals surface area contributed by atoms with E-state index in [9.17, 15) is 15.2 Å².